The van der Waals surface area contributed by atoms with Crippen LogP contribution in [0.2, 0.25) is 0 Å². The molecule has 5 heteroatoms. The van der Waals surface area contributed by atoms with E-state index in [4.69, 9.17) is 4.74 Å². The van der Waals surface area contributed by atoms with Crippen molar-refractivity contribution in [2.75, 3.05) is 6.61 Å². The summed E-state index contributed by atoms with van der Waals surface area (Å²) in [5.41, 5.74) is 0.620. The van der Waals surface area contributed by atoms with Gasteiger partial charge in [-0.15, -0.1) is 0 Å². The van der Waals surface area contributed by atoms with Crippen LogP contribution in [0.15, 0.2) is 10.9 Å². The maximum atomic E-state index is 11.3. The van der Waals surface area contributed by atoms with Crippen LogP contribution in [0.25, 0.3) is 0 Å². The number of esters is 1. The first-order valence-electron chi connectivity index (χ1n) is 4.61. The third-order valence-electron chi connectivity index (χ3n) is 1.82. The standard InChI is InChI=1S/C9H14N2O3/c1-3-7-5-8(12)11(10-7)6-9(13)14-4-2/h5,10H,3-4,6H2,1-2H3. The van der Waals surface area contributed by atoms with E-state index in [-0.39, 0.29) is 12.1 Å². The summed E-state index contributed by atoms with van der Waals surface area (Å²) in [4.78, 5) is 22.3. The van der Waals surface area contributed by atoms with Gasteiger partial charge < -0.3 is 4.74 Å². The third-order valence-corrected chi connectivity index (χ3v) is 1.82. The van der Waals surface area contributed by atoms with Crippen molar-refractivity contribution >= 4 is 5.97 Å². The summed E-state index contributed by atoms with van der Waals surface area (Å²) >= 11 is 0. The van der Waals surface area contributed by atoms with Crippen molar-refractivity contribution in [2.45, 2.75) is 26.8 Å². The monoisotopic (exact) mass is 198 g/mol. The smallest absolute Gasteiger partial charge is 0.327 e. The summed E-state index contributed by atoms with van der Waals surface area (Å²) in [7, 11) is 0. The third kappa shape index (κ3) is 2.48. The van der Waals surface area contributed by atoms with Gasteiger partial charge in [0.25, 0.3) is 5.56 Å². The van der Waals surface area contributed by atoms with Gasteiger partial charge in [0.15, 0.2) is 0 Å². The van der Waals surface area contributed by atoms with Crippen LogP contribution in [-0.2, 0) is 22.5 Å². The Morgan fingerprint density at radius 2 is 2.29 bits per heavy atom. The number of hydrogen-bond donors (Lipinski definition) is 1. The summed E-state index contributed by atoms with van der Waals surface area (Å²) in [5, 5.41) is 2.82. The molecule has 0 unspecified atom stereocenters. The van der Waals surface area contributed by atoms with E-state index in [1.807, 2.05) is 6.92 Å². The molecule has 1 rings (SSSR count). The van der Waals surface area contributed by atoms with Gasteiger partial charge in [-0.3, -0.25) is 14.7 Å². The van der Waals surface area contributed by atoms with E-state index in [2.05, 4.69) is 5.10 Å². The molecule has 1 aromatic heterocycles. The van der Waals surface area contributed by atoms with Crippen molar-refractivity contribution in [3.05, 3.63) is 22.1 Å². The minimum Gasteiger partial charge on any atom is -0.465 e. The van der Waals surface area contributed by atoms with Crippen LogP contribution in [0.3, 0.4) is 0 Å². The Labute approximate surface area is 81.7 Å². The Kier molecular flexibility index (Phi) is 3.50. The van der Waals surface area contributed by atoms with E-state index in [0.29, 0.717) is 6.61 Å². The number of carbonyl (C=O) groups is 1. The maximum Gasteiger partial charge on any atom is 0.327 e. The van der Waals surface area contributed by atoms with Crippen LogP contribution in [0, 0.1) is 0 Å². The van der Waals surface area contributed by atoms with Crippen molar-refractivity contribution < 1.29 is 9.53 Å². The minimum atomic E-state index is -0.404. The second kappa shape index (κ2) is 4.64. The molecule has 14 heavy (non-hydrogen) atoms. The van der Waals surface area contributed by atoms with Crippen LogP contribution >= 0.6 is 0 Å². The van der Waals surface area contributed by atoms with E-state index in [9.17, 15) is 9.59 Å². The zero-order valence-electron chi connectivity index (χ0n) is 8.37. The Balaban J connectivity index is 2.71. The number of aryl methyl sites for hydroxylation is 1. The zero-order chi connectivity index (χ0) is 10.6. The molecular formula is C9H14N2O3. The number of aromatic nitrogens is 2. The Morgan fingerprint density at radius 1 is 1.57 bits per heavy atom. The summed E-state index contributed by atoms with van der Waals surface area (Å²) in [6, 6.07) is 1.49. The van der Waals surface area contributed by atoms with Crippen molar-refractivity contribution in [1.82, 2.24) is 9.78 Å². The Morgan fingerprint density at radius 3 is 2.79 bits per heavy atom. The van der Waals surface area contributed by atoms with Crippen LogP contribution in [0.4, 0.5) is 0 Å². The summed E-state index contributed by atoms with van der Waals surface area (Å²) in [5.74, 6) is -0.404. The van der Waals surface area contributed by atoms with Crippen molar-refractivity contribution in [1.29, 1.82) is 0 Å². The fraction of sp³-hybridized carbons (Fsp3) is 0.556. The highest BCUT2D eigenvalue weighted by Gasteiger charge is 2.06. The van der Waals surface area contributed by atoms with E-state index >= 15 is 0 Å². The molecule has 0 radical (unpaired) electrons. The zero-order valence-corrected chi connectivity index (χ0v) is 8.37. The van der Waals surface area contributed by atoms with Gasteiger partial charge in [0, 0.05) is 11.8 Å². The lowest BCUT2D eigenvalue weighted by molar-refractivity contribution is -0.144. The number of carbonyl (C=O) groups excluding carboxylic acids is 1. The van der Waals surface area contributed by atoms with Gasteiger partial charge in [0.05, 0.1) is 6.61 Å². The number of nitrogens with zero attached hydrogens (tertiary/aromatic N) is 1. The molecule has 0 atom stereocenters. The molecule has 0 aromatic carbocycles. The first-order chi connectivity index (χ1) is 6.67. The van der Waals surface area contributed by atoms with E-state index < -0.39 is 5.97 Å². The average Bonchev–Trinajstić information content (AvgIpc) is 2.48. The first kappa shape index (κ1) is 10.6. The van der Waals surface area contributed by atoms with Crippen molar-refractivity contribution in [3.8, 4) is 0 Å². The fourth-order valence-corrected chi connectivity index (χ4v) is 1.12. The number of nitrogens with one attached hydrogen (secondary N) is 1. The summed E-state index contributed by atoms with van der Waals surface area (Å²) < 4.78 is 5.97. The molecule has 1 N–H and O–H groups in total. The molecule has 1 aromatic rings. The predicted molar refractivity (Wildman–Crippen MR) is 51.1 cm³/mol. The van der Waals surface area contributed by atoms with Crippen molar-refractivity contribution in [2.24, 2.45) is 0 Å². The number of hydrogen-bond acceptors (Lipinski definition) is 3. The largest absolute Gasteiger partial charge is 0.465 e. The minimum absolute atomic E-state index is 0.0489. The van der Waals surface area contributed by atoms with Crippen LogP contribution in [-0.4, -0.2) is 22.4 Å². The van der Waals surface area contributed by atoms with Crippen LogP contribution in [0.1, 0.15) is 19.5 Å². The highest BCUT2D eigenvalue weighted by Crippen LogP contribution is 1.91. The molecule has 0 fully saturated rings. The van der Waals surface area contributed by atoms with Crippen LogP contribution < -0.4 is 5.56 Å². The molecule has 0 amide bonds. The molecule has 5 nitrogen and oxygen atoms in total. The van der Waals surface area contributed by atoms with Crippen molar-refractivity contribution in [3.63, 3.8) is 0 Å². The van der Waals surface area contributed by atoms with Gasteiger partial charge >= 0.3 is 5.97 Å². The molecule has 0 spiro atoms. The lowest BCUT2D eigenvalue weighted by Crippen LogP contribution is -2.22. The van der Waals surface area contributed by atoms with Gasteiger partial charge in [-0.1, -0.05) is 6.92 Å². The van der Waals surface area contributed by atoms with Gasteiger partial charge in [0.2, 0.25) is 0 Å². The quantitative estimate of drug-likeness (QED) is 0.708. The van der Waals surface area contributed by atoms with Gasteiger partial charge in [-0.2, -0.15) is 0 Å². The molecule has 78 valence electrons. The molecule has 0 bridgehead atoms. The molecule has 1 heterocycles. The Hall–Kier alpha value is -1.52. The summed E-state index contributed by atoms with van der Waals surface area (Å²) in [6.45, 7) is 3.94. The fourth-order valence-electron chi connectivity index (χ4n) is 1.12. The number of ether oxygens (including phenoxy) is 1. The van der Waals surface area contributed by atoms with E-state index in [1.165, 1.54) is 10.7 Å². The number of H-pyrrole nitrogens is 1. The lowest BCUT2D eigenvalue weighted by atomic mass is 10.3. The first-order valence-corrected chi connectivity index (χ1v) is 4.61. The molecular weight excluding hydrogens is 184 g/mol. The Bertz CT molecular complexity index is 364. The normalized spacial score (nSPS) is 10.1. The SMILES string of the molecule is CCOC(=O)Cn1[nH]c(CC)cc1=O. The second-order valence-electron chi connectivity index (χ2n) is 2.86. The highest BCUT2D eigenvalue weighted by molar-refractivity contribution is 5.68. The highest BCUT2D eigenvalue weighted by atomic mass is 16.5. The number of rotatable bonds is 4. The molecule has 0 saturated carbocycles. The summed E-state index contributed by atoms with van der Waals surface area (Å²) in [6.07, 6.45) is 0.741. The molecule has 0 saturated heterocycles. The molecule has 0 aliphatic heterocycles. The van der Waals surface area contributed by atoms with Gasteiger partial charge in [-0.25, -0.2) is 4.68 Å². The topological polar surface area (TPSA) is 64.1 Å². The second-order valence-corrected chi connectivity index (χ2v) is 2.86. The maximum absolute atomic E-state index is 11.3. The lowest BCUT2D eigenvalue weighted by Gasteiger charge is -2.01. The predicted octanol–water partition coefficient (Wildman–Crippen LogP) is 0.302. The van der Waals surface area contributed by atoms with E-state index in [0.717, 1.165) is 12.1 Å². The average molecular weight is 198 g/mol. The molecule has 0 aliphatic carbocycles. The molecule has 0 aliphatic rings. The number of aromatic amines is 1. The van der Waals surface area contributed by atoms with Gasteiger partial charge in [0.1, 0.15) is 6.54 Å². The van der Waals surface area contributed by atoms with Crippen LogP contribution in [0.5, 0.6) is 0 Å². The van der Waals surface area contributed by atoms with E-state index in [1.54, 1.807) is 6.92 Å². The van der Waals surface area contributed by atoms with Gasteiger partial charge in [-0.05, 0) is 13.3 Å².